The molecule has 2 atom stereocenters. The summed E-state index contributed by atoms with van der Waals surface area (Å²) in [5.41, 5.74) is 7.87. The van der Waals surface area contributed by atoms with E-state index in [0.29, 0.717) is 46.4 Å². The fourth-order valence-electron chi connectivity index (χ4n) is 3.14. The van der Waals surface area contributed by atoms with E-state index in [9.17, 15) is 9.90 Å². The van der Waals surface area contributed by atoms with Crippen LogP contribution in [-0.4, -0.2) is 50.1 Å². The second-order valence-electron chi connectivity index (χ2n) is 6.61. The Bertz CT molecular complexity index is 977. The molecule has 1 amide bonds. The topological polar surface area (TPSA) is 117 Å². The van der Waals surface area contributed by atoms with E-state index in [1.165, 1.54) is 11.3 Å². The Balaban J connectivity index is 1.69. The monoisotopic (exact) mass is 384 g/mol. The Hall–Kier alpha value is -2.78. The summed E-state index contributed by atoms with van der Waals surface area (Å²) in [4.78, 5) is 27.7. The van der Waals surface area contributed by atoms with E-state index in [1.54, 1.807) is 23.4 Å². The van der Waals surface area contributed by atoms with Gasteiger partial charge in [0.15, 0.2) is 5.69 Å². The number of pyridine rings is 1. The summed E-state index contributed by atoms with van der Waals surface area (Å²) in [6.07, 6.45) is 3.59. The van der Waals surface area contributed by atoms with Gasteiger partial charge in [-0.1, -0.05) is 6.07 Å². The zero-order valence-corrected chi connectivity index (χ0v) is 15.6. The fraction of sp³-hybridized carbons (Fsp3) is 0.333. The summed E-state index contributed by atoms with van der Waals surface area (Å²) in [5, 5.41) is 13.6. The molecule has 4 N–H and O–H groups in total. The number of thiophene rings is 1. The Morgan fingerprint density at radius 1 is 1.48 bits per heavy atom. The van der Waals surface area contributed by atoms with E-state index in [2.05, 4.69) is 20.3 Å². The highest BCUT2D eigenvalue weighted by Gasteiger charge is 2.29. The lowest BCUT2D eigenvalue weighted by Crippen LogP contribution is -2.30. The van der Waals surface area contributed by atoms with Gasteiger partial charge in [-0.15, -0.1) is 11.3 Å². The van der Waals surface area contributed by atoms with E-state index < -0.39 is 6.10 Å². The van der Waals surface area contributed by atoms with E-state index in [-0.39, 0.29) is 11.9 Å². The molecule has 4 rings (SSSR count). The summed E-state index contributed by atoms with van der Waals surface area (Å²) in [6.45, 7) is 2.81. The van der Waals surface area contributed by atoms with Gasteiger partial charge < -0.3 is 21.1 Å². The lowest BCUT2D eigenvalue weighted by Gasteiger charge is -2.17. The third-order valence-corrected chi connectivity index (χ3v) is 5.53. The van der Waals surface area contributed by atoms with Gasteiger partial charge in [0.25, 0.3) is 5.91 Å². The summed E-state index contributed by atoms with van der Waals surface area (Å²) < 4.78 is 0.665. The number of nitrogens with one attached hydrogen (secondary N) is 1. The van der Waals surface area contributed by atoms with Gasteiger partial charge in [-0.2, -0.15) is 0 Å². The molecule has 9 heteroatoms. The number of rotatable bonds is 4. The van der Waals surface area contributed by atoms with Crippen molar-refractivity contribution < 1.29 is 9.90 Å². The minimum absolute atomic E-state index is 0.0799. The maximum atomic E-state index is 13.0. The average Bonchev–Trinajstić information content (AvgIpc) is 3.26. The smallest absolute Gasteiger partial charge is 0.274 e. The standard InChI is InChI=1S/C18H20N6O2S/c1-10(11-3-2-5-20-8-11)21-18-22-13-7-14(19)27-16(13)15(23-18)17(26)24-6-4-12(25)9-24/h2-3,5,7-8,10,12,25H,4,6,9,19H2,1H3,(H,21,22,23)/t10-,12+/m0/s1. The number of aliphatic hydroxyl groups is 1. The number of carbonyl (C=O) groups is 1. The molecule has 1 aliphatic heterocycles. The lowest BCUT2D eigenvalue weighted by atomic mass is 10.1. The SMILES string of the molecule is C[C@H](Nc1nc(C(=O)N2CC[C@@H](O)C2)c2sc(N)cc2n1)c1cccnc1. The lowest BCUT2D eigenvalue weighted by molar-refractivity contribution is 0.0761. The highest BCUT2D eigenvalue weighted by molar-refractivity contribution is 7.22. The highest BCUT2D eigenvalue weighted by atomic mass is 32.1. The molecule has 3 aromatic rings. The summed E-state index contributed by atoms with van der Waals surface area (Å²) in [6, 6.07) is 5.49. The summed E-state index contributed by atoms with van der Waals surface area (Å²) >= 11 is 1.30. The third kappa shape index (κ3) is 3.56. The second kappa shape index (κ2) is 7.09. The Kier molecular flexibility index (Phi) is 4.63. The molecule has 3 aromatic heterocycles. The molecule has 1 aliphatic rings. The molecule has 8 nitrogen and oxygen atoms in total. The van der Waals surface area contributed by atoms with E-state index >= 15 is 0 Å². The minimum Gasteiger partial charge on any atom is -0.391 e. The van der Waals surface area contributed by atoms with Crippen molar-refractivity contribution in [3.63, 3.8) is 0 Å². The van der Waals surface area contributed by atoms with Crippen molar-refractivity contribution in [3.05, 3.63) is 41.9 Å². The number of hydrogen-bond donors (Lipinski definition) is 3. The van der Waals surface area contributed by atoms with Crippen LogP contribution in [0.1, 0.15) is 35.4 Å². The first-order valence-electron chi connectivity index (χ1n) is 8.72. The molecule has 1 saturated heterocycles. The van der Waals surface area contributed by atoms with Crippen molar-refractivity contribution in [2.24, 2.45) is 0 Å². The molecule has 0 radical (unpaired) electrons. The number of aliphatic hydroxyl groups excluding tert-OH is 1. The molecule has 0 unspecified atom stereocenters. The first-order chi connectivity index (χ1) is 13.0. The van der Waals surface area contributed by atoms with Crippen molar-refractivity contribution >= 4 is 38.4 Å². The summed E-state index contributed by atoms with van der Waals surface area (Å²) in [7, 11) is 0. The molecule has 4 heterocycles. The van der Waals surface area contributed by atoms with Gasteiger partial charge in [-0.25, -0.2) is 9.97 Å². The average molecular weight is 384 g/mol. The number of nitrogen functional groups attached to an aromatic ring is 1. The summed E-state index contributed by atoms with van der Waals surface area (Å²) in [5.74, 6) is 0.151. The van der Waals surface area contributed by atoms with Crippen molar-refractivity contribution in [1.29, 1.82) is 0 Å². The predicted octanol–water partition coefficient (Wildman–Crippen LogP) is 2.05. The first kappa shape index (κ1) is 17.6. The predicted molar refractivity (Wildman–Crippen MR) is 105 cm³/mol. The van der Waals surface area contributed by atoms with Crippen LogP contribution >= 0.6 is 11.3 Å². The van der Waals surface area contributed by atoms with Crippen LogP contribution in [0.3, 0.4) is 0 Å². The first-order valence-corrected chi connectivity index (χ1v) is 9.54. The molecule has 1 fully saturated rings. The Morgan fingerprint density at radius 2 is 2.33 bits per heavy atom. The number of amides is 1. The molecule has 0 spiro atoms. The number of carbonyl (C=O) groups excluding carboxylic acids is 1. The van der Waals surface area contributed by atoms with Gasteiger partial charge in [0.2, 0.25) is 5.95 Å². The molecule has 0 bridgehead atoms. The van der Waals surface area contributed by atoms with Crippen molar-refractivity contribution in [2.45, 2.75) is 25.5 Å². The fourth-order valence-corrected chi connectivity index (χ4v) is 3.99. The molecular formula is C18H20N6O2S. The number of hydrogen-bond acceptors (Lipinski definition) is 8. The molecular weight excluding hydrogens is 364 g/mol. The second-order valence-corrected chi connectivity index (χ2v) is 7.69. The molecule has 0 aromatic carbocycles. The number of nitrogens with two attached hydrogens (primary N) is 1. The number of nitrogens with zero attached hydrogens (tertiary/aromatic N) is 4. The van der Waals surface area contributed by atoms with Crippen LogP contribution in [0.25, 0.3) is 10.2 Å². The van der Waals surface area contributed by atoms with Crippen molar-refractivity contribution in [3.8, 4) is 0 Å². The molecule has 27 heavy (non-hydrogen) atoms. The zero-order valence-electron chi connectivity index (χ0n) is 14.8. The van der Waals surface area contributed by atoms with Crippen LogP contribution in [0.4, 0.5) is 10.9 Å². The van der Waals surface area contributed by atoms with Gasteiger partial charge in [0.05, 0.1) is 27.4 Å². The van der Waals surface area contributed by atoms with E-state index in [4.69, 9.17) is 5.73 Å². The number of aromatic nitrogens is 3. The number of anilines is 2. The molecule has 0 aliphatic carbocycles. The van der Waals surface area contributed by atoms with Gasteiger partial charge in [0, 0.05) is 25.5 Å². The normalized spacial score (nSPS) is 18.0. The number of β-amino-alcohol motifs (C(OH)–C–C–N with tert-alkyl or cyclic N) is 1. The maximum Gasteiger partial charge on any atom is 0.274 e. The highest BCUT2D eigenvalue weighted by Crippen LogP contribution is 2.31. The van der Waals surface area contributed by atoms with E-state index in [1.807, 2.05) is 19.1 Å². The van der Waals surface area contributed by atoms with Gasteiger partial charge >= 0.3 is 0 Å². The number of fused-ring (bicyclic) bond motifs is 1. The largest absolute Gasteiger partial charge is 0.391 e. The maximum absolute atomic E-state index is 13.0. The molecule has 140 valence electrons. The van der Waals surface area contributed by atoms with Crippen molar-refractivity contribution in [2.75, 3.05) is 24.1 Å². The third-order valence-electron chi connectivity index (χ3n) is 4.57. The van der Waals surface area contributed by atoms with Gasteiger partial charge in [-0.3, -0.25) is 9.78 Å². The van der Waals surface area contributed by atoms with E-state index in [0.717, 1.165) is 5.56 Å². The van der Waals surface area contributed by atoms with Crippen LogP contribution in [-0.2, 0) is 0 Å². The van der Waals surface area contributed by atoms with Crippen LogP contribution < -0.4 is 11.1 Å². The van der Waals surface area contributed by atoms with Gasteiger partial charge in [-0.05, 0) is 31.0 Å². The zero-order chi connectivity index (χ0) is 19.0. The Morgan fingerprint density at radius 3 is 3.04 bits per heavy atom. The quantitative estimate of drug-likeness (QED) is 0.630. The van der Waals surface area contributed by atoms with Crippen molar-refractivity contribution in [1.82, 2.24) is 19.9 Å². The minimum atomic E-state index is -0.483. The Labute approximate surface area is 160 Å². The van der Waals surface area contributed by atoms with Crippen LogP contribution in [0.2, 0.25) is 0 Å². The number of likely N-dealkylation sites (tertiary alicyclic amines) is 1. The van der Waals surface area contributed by atoms with Crippen LogP contribution in [0.5, 0.6) is 0 Å². The van der Waals surface area contributed by atoms with Crippen LogP contribution in [0.15, 0.2) is 30.6 Å². The van der Waals surface area contributed by atoms with Crippen LogP contribution in [0, 0.1) is 0 Å². The molecule has 0 saturated carbocycles. The van der Waals surface area contributed by atoms with Gasteiger partial charge in [0.1, 0.15) is 0 Å².